The Hall–Kier alpha value is -1.26. The van der Waals surface area contributed by atoms with Crippen LogP contribution in [0.5, 0.6) is 0 Å². The number of nitrogens with one attached hydrogen (secondary N) is 1. The molecule has 1 aromatic heterocycles. The molecule has 80 valence electrons. The van der Waals surface area contributed by atoms with Crippen LogP contribution in [0.25, 0.3) is 0 Å². The van der Waals surface area contributed by atoms with E-state index in [-0.39, 0.29) is 11.8 Å². The molecule has 0 bridgehead atoms. The predicted octanol–water partition coefficient (Wildman–Crippen LogP) is 0.168. The highest BCUT2D eigenvalue weighted by Crippen LogP contribution is 2.07. The number of ketones is 1. The molecular formula is C11H15N3O. The molecule has 4 nitrogen and oxygen atoms in total. The third kappa shape index (κ3) is 2.22. The van der Waals surface area contributed by atoms with Gasteiger partial charge in [0, 0.05) is 25.8 Å². The fourth-order valence-corrected chi connectivity index (χ4v) is 1.78. The van der Waals surface area contributed by atoms with E-state index in [0.29, 0.717) is 12.2 Å². The number of aromatic nitrogens is 1. The van der Waals surface area contributed by atoms with Crippen LogP contribution in [0.2, 0.25) is 0 Å². The molecule has 1 aromatic rings. The van der Waals surface area contributed by atoms with E-state index < -0.39 is 0 Å². The van der Waals surface area contributed by atoms with Gasteiger partial charge in [-0.25, -0.2) is 0 Å². The highest BCUT2D eigenvalue weighted by atomic mass is 16.1. The Morgan fingerprint density at radius 1 is 1.60 bits per heavy atom. The van der Waals surface area contributed by atoms with Gasteiger partial charge in [-0.3, -0.25) is 14.7 Å². The lowest BCUT2D eigenvalue weighted by Crippen LogP contribution is -2.53. The zero-order chi connectivity index (χ0) is 10.7. The molecule has 1 aliphatic rings. The van der Waals surface area contributed by atoms with E-state index in [2.05, 4.69) is 15.2 Å². The molecular weight excluding hydrogens is 190 g/mol. The lowest BCUT2D eigenvalue weighted by Gasteiger charge is -2.31. The van der Waals surface area contributed by atoms with Crippen molar-refractivity contribution in [2.75, 3.05) is 26.7 Å². The summed E-state index contributed by atoms with van der Waals surface area (Å²) in [5, 5.41) is 3.23. The van der Waals surface area contributed by atoms with E-state index in [0.717, 1.165) is 13.1 Å². The van der Waals surface area contributed by atoms with E-state index in [9.17, 15) is 4.79 Å². The zero-order valence-electron chi connectivity index (χ0n) is 8.81. The highest BCUT2D eigenvalue weighted by molar-refractivity contribution is 5.98. The fourth-order valence-electron chi connectivity index (χ4n) is 1.78. The van der Waals surface area contributed by atoms with E-state index in [4.69, 9.17) is 0 Å². The van der Waals surface area contributed by atoms with Crippen molar-refractivity contribution in [1.82, 2.24) is 15.2 Å². The Morgan fingerprint density at radius 2 is 2.47 bits per heavy atom. The lowest BCUT2D eigenvalue weighted by atomic mass is 10.1. The Kier molecular flexibility index (Phi) is 3.08. The Balaban J connectivity index is 2.13. The van der Waals surface area contributed by atoms with Crippen LogP contribution in [0.15, 0.2) is 24.4 Å². The zero-order valence-corrected chi connectivity index (χ0v) is 8.81. The van der Waals surface area contributed by atoms with Crippen LogP contribution in [0.4, 0.5) is 0 Å². The molecule has 2 rings (SSSR count). The molecule has 1 unspecified atom stereocenters. The van der Waals surface area contributed by atoms with Gasteiger partial charge in [0.2, 0.25) is 0 Å². The van der Waals surface area contributed by atoms with Gasteiger partial charge < -0.3 is 5.32 Å². The largest absolute Gasteiger partial charge is 0.313 e. The third-order valence-corrected chi connectivity index (χ3v) is 2.73. The second-order valence-electron chi connectivity index (χ2n) is 3.78. The van der Waals surface area contributed by atoms with Crippen LogP contribution in [0.3, 0.4) is 0 Å². The third-order valence-electron chi connectivity index (χ3n) is 2.73. The van der Waals surface area contributed by atoms with Crippen molar-refractivity contribution in [3.8, 4) is 0 Å². The number of pyridine rings is 1. The first-order valence-electron chi connectivity index (χ1n) is 5.15. The van der Waals surface area contributed by atoms with Crippen molar-refractivity contribution < 1.29 is 4.79 Å². The van der Waals surface area contributed by atoms with Crippen LogP contribution in [-0.2, 0) is 0 Å². The van der Waals surface area contributed by atoms with Gasteiger partial charge in [0.1, 0.15) is 5.69 Å². The predicted molar refractivity (Wildman–Crippen MR) is 57.9 cm³/mol. The lowest BCUT2D eigenvalue weighted by molar-refractivity contribution is 0.0814. The maximum Gasteiger partial charge on any atom is 0.199 e. The SMILES string of the molecule is CN1CCNCC1C(=O)c1ccccn1. The van der Waals surface area contributed by atoms with Gasteiger partial charge in [-0.15, -0.1) is 0 Å². The van der Waals surface area contributed by atoms with Gasteiger partial charge in [0.25, 0.3) is 0 Å². The average Bonchev–Trinajstić information content (AvgIpc) is 2.30. The molecule has 2 heterocycles. The van der Waals surface area contributed by atoms with Gasteiger partial charge in [-0.05, 0) is 19.2 Å². The first-order valence-corrected chi connectivity index (χ1v) is 5.15. The van der Waals surface area contributed by atoms with Crippen LogP contribution in [-0.4, -0.2) is 48.4 Å². The fraction of sp³-hybridized carbons (Fsp3) is 0.455. The normalized spacial score (nSPS) is 22.6. The number of Topliss-reactive ketones (excluding diaryl/α,β-unsaturated/α-hetero) is 1. The minimum atomic E-state index is -0.0753. The minimum absolute atomic E-state index is 0.0753. The summed E-state index contributed by atoms with van der Waals surface area (Å²) in [5.74, 6) is 0.102. The molecule has 4 heteroatoms. The van der Waals surface area contributed by atoms with Crippen molar-refractivity contribution in [2.24, 2.45) is 0 Å². The molecule has 0 aliphatic carbocycles. The summed E-state index contributed by atoms with van der Waals surface area (Å²) in [4.78, 5) is 18.2. The molecule has 0 spiro atoms. The van der Waals surface area contributed by atoms with Crippen molar-refractivity contribution in [2.45, 2.75) is 6.04 Å². The summed E-state index contributed by atoms with van der Waals surface area (Å²) in [6.07, 6.45) is 1.66. The number of likely N-dealkylation sites (N-methyl/N-ethyl adjacent to an activating group) is 1. The second-order valence-corrected chi connectivity index (χ2v) is 3.78. The van der Waals surface area contributed by atoms with E-state index >= 15 is 0 Å². The van der Waals surface area contributed by atoms with Gasteiger partial charge >= 0.3 is 0 Å². The first-order chi connectivity index (χ1) is 7.29. The molecule has 1 N–H and O–H groups in total. The van der Waals surface area contributed by atoms with Crippen molar-refractivity contribution in [3.63, 3.8) is 0 Å². The maximum absolute atomic E-state index is 12.1. The molecule has 1 fully saturated rings. The van der Waals surface area contributed by atoms with Crippen LogP contribution in [0, 0.1) is 0 Å². The number of rotatable bonds is 2. The number of hydrogen-bond donors (Lipinski definition) is 1. The van der Waals surface area contributed by atoms with Gasteiger partial charge in [0.15, 0.2) is 5.78 Å². The molecule has 15 heavy (non-hydrogen) atoms. The number of nitrogens with zero attached hydrogens (tertiary/aromatic N) is 2. The summed E-state index contributed by atoms with van der Waals surface area (Å²) >= 11 is 0. The number of hydrogen-bond acceptors (Lipinski definition) is 4. The van der Waals surface area contributed by atoms with E-state index in [1.165, 1.54) is 0 Å². The van der Waals surface area contributed by atoms with E-state index in [1.807, 2.05) is 19.2 Å². The maximum atomic E-state index is 12.1. The molecule has 0 saturated carbocycles. The van der Waals surface area contributed by atoms with Crippen molar-refractivity contribution >= 4 is 5.78 Å². The number of carbonyl (C=O) groups is 1. The summed E-state index contributed by atoms with van der Waals surface area (Å²) in [6, 6.07) is 5.36. The summed E-state index contributed by atoms with van der Waals surface area (Å²) in [7, 11) is 1.98. The number of carbonyl (C=O) groups excluding carboxylic acids is 1. The molecule has 0 radical (unpaired) electrons. The Morgan fingerprint density at radius 3 is 3.13 bits per heavy atom. The van der Waals surface area contributed by atoms with Crippen LogP contribution >= 0.6 is 0 Å². The minimum Gasteiger partial charge on any atom is -0.313 e. The van der Waals surface area contributed by atoms with Gasteiger partial charge in [-0.1, -0.05) is 6.07 Å². The molecule has 1 aliphatic heterocycles. The molecule has 1 saturated heterocycles. The summed E-state index contributed by atoms with van der Waals surface area (Å²) < 4.78 is 0. The topological polar surface area (TPSA) is 45.2 Å². The van der Waals surface area contributed by atoms with Crippen LogP contribution in [0.1, 0.15) is 10.5 Å². The van der Waals surface area contributed by atoms with Gasteiger partial charge in [-0.2, -0.15) is 0 Å². The monoisotopic (exact) mass is 205 g/mol. The first kappa shape index (κ1) is 10.3. The average molecular weight is 205 g/mol. The highest BCUT2D eigenvalue weighted by Gasteiger charge is 2.26. The Bertz CT molecular complexity index is 339. The van der Waals surface area contributed by atoms with E-state index in [1.54, 1.807) is 12.3 Å². The Labute approximate surface area is 89.3 Å². The quantitative estimate of drug-likeness (QED) is 0.699. The standard InChI is InChI=1S/C11H15N3O/c1-14-7-6-12-8-10(14)11(15)9-4-2-3-5-13-9/h2-5,10,12H,6-8H2,1H3. The van der Waals surface area contributed by atoms with Crippen molar-refractivity contribution in [3.05, 3.63) is 30.1 Å². The molecule has 0 aromatic carbocycles. The number of piperazine rings is 1. The van der Waals surface area contributed by atoms with Crippen LogP contribution < -0.4 is 5.32 Å². The molecule has 0 amide bonds. The molecule has 1 atom stereocenters. The smallest absolute Gasteiger partial charge is 0.199 e. The van der Waals surface area contributed by atoms with Crippen molar-refractivity contribution in [1.29, 1.82) is 0 Å². The summed E-state index contributed by atoms with van der Waals surface area (Å²) in [6.45, 7) is 2.57. The second kappa shape index (κ2) is 4.51. The summed E-state index contributed by atoms with van der Waals surface area (Å²) in [5.41, 5.74) is 0.554. The van der Waals surface area contributed by atoms with Gasteiger partial charge in [0.05, 0.1) is 6.04 Å².